The minimum absolute atomic E-state index is 0.00368. The van der Waals surface area contributed by atoms with E-state index in [2.05, 4.69) is 20.8 Å². The Morgan fingerprint density at radius 1 is 0.696 bits per heavy atom. The molecule has 5 N–H and O–H groups in total. The fourth-order valence-electron chi connectivity index (χ4n) is 9.14. The minimum atomic E-state index is -3.62. The molecular formula is C51H66N4O12S2. The van der Waals surface area contributed by atoms with Gasteiger partial charge in [0.25, 0.3) is 0 Å². The number of amides is 1. The average molecular weight is 991 g/mol. The van der Waals surface area contributed by atoms with Gasteiger partial charge in [-0.2, -0.15) is 0 Å². The molecule has 6 rings (SSSR count). The summed E-state index contributed by atoms with van der Waals surface area (Å²) < 4.78 is 74.2. The van der Waals surface area contributed by atoms with Gasteiger partial charge in [0.1, 0.15) is 17.1 Å². The van der Waals surface area contributed by atoms with Crippen LogP contribution >= 0.6 is 0 Å². The van der Waals surface area contributed by atoms with Crippen molar-refractivity contribution in [2.24, 2.45) is 0 Å². The molecule has 4 aromatic rings. The number of sulfonamides is 2. The molecule has 0 aromatic heterocycles. The summed E-state index contributed by atoms with van der Waals surface area (Å²) in [6.45, 7) is 6.18. The van der Waals surface area contributed by atoms with E-state index in [1.165, 1.54) is 0 Å². The number of ether oxygens (including phenoxy) is 3. The normalized spacial score (nSPS) is 20.0. The number of carbonyl (C=O) groups excluding carboxylic acids is 1. The SMILES string of the molecule is CC(C)(C)OC(=O)N1CCCC(NS(C)(=O)=O)C1Cc1cccc(-c2cc(C3CCC(NS(C)(=O)=O)C(Cc4cccc(-c5ccccc5OCCCC(=O)O)c4)N3)ccc2OCCCC(=O)O)c1. The van der Waals surface area contributed by atoms with Crippen LogP contribution in [-0.4, -0.2) is 112 Å². The van der Waals surface area contributed by atoms with Gasteiger partial charge in [-0.15, -0.1) is 0 Å². The summed E-state index contributed by atoms with van der Waals surface area (Å²) in [5.41, 5.74) is 5.26. The first-order chi connectivity index (χ1) is 32.6. The number of nitrogens with zero attached hydrogens (tertiary/aromatic N) is 1. The fraction of sp³-hybridized carbons (Fsp3) is 0.471. The Labute approximate surface area is 406 Å². The van der Waals surface area contributed by atoms with Gasteiger partial charge in [-0.3, -0.25) is 9.59 Å². The first-order valence-electron chi connectivity index (χ1n) is 23.4. The Bertz CT molecular complexity index is 2650. The van der Waals surface area contributed by atoms with Crippen LogP contribution in [0.4, 0.5) is 4.79 Å². The molecule has 2 heterocycles. The van der Waals surface area contributed by atoms with Crippen molar-refractivity contribution in [3.63, 3.8) is 0 Å². The van der Waals surface area contributed by atoms with Gasteiger partial charge in [0.05, 0.1) is 31.8 Å². The number of hydrogen-bond acceptors (Lipinski definition) is 11. The zero-order chi connectivity index (χ0) is 49.9. The van der Waals surface area contributed by atoms with Crippen molar-refractivity contribution in [1.29, 1.82) is 0 Å². The van der Waals surface area contributed by atoms with Crippen LogP contribution < -0.4 is 24.2 Å². The molecule has 0 spiro atoms. The molecule has 2 aliphatic heterocycles. The zero-order valence-electron chi connectivity index (χ0n) is 40.0. The topological polar surface area (TPSA) is 227 Å². The van der Waals surface area contributed by atoms with Crippen molar-refractivity contribution in [3.8, 4) is 33.8 Å². The number of aliphatic carboxylic acids is 2. The highest BCUT2D eigenvalue weighted by Crippen LogP contribution is 2.38. The molecule has 2 saturated heterocycles. The lowest BCUT2D eigenvalue weighted by molar-refractivity contribution is -0.138. The molecule has 0 saturated carbocycles. The van der Waals surface area contributed by atoms with Crippen LogP contribution in [0.1, 0.15) is 94.9 Å². The molecule has 2 aliphatic rings. The van der Waals surface area contributed by atoms with Gasteiger partial charge in [-0.05, 0) is 118 Å². The second-order valence-electron chi connectivity index (χ2n) is 19.0. The molecule has 69 heavy (non-hydrogen) atoms. The third kappa shape index (κ3) is 16.3. The zero-order valence-corrected chi connectivity index (χ0v) is 41.6. The predicted octanol–water partition coefficient (Wildman–Crippen LogP) is 7.32. The van der Waals surface area contributed by atoms with Gasteiger partial charge in [-0.25, -0.2) is 31.1 Å². The predicted molar refractivity (Wildman–Crippen MR) is 264 cm³/mol. The van der Waals surface area contributed by atoms with E-state index in [0.717, 1.165) is 51.5 Å². The molecule has 5 unspecified atom stereocenters. The van der Waals surface area contributed by atoms with E-state index < -0.39 is 61.8 Å². The molecule has 0 aliphatic carbocycles. The van der Waals surface area contributed by atoms with Gasteiger partial charge in [-0.1, -0.05) is 72.8 Å². The summed E-state index contributed by atoms with van der Waals surface area (Å²) in [5, 5.41) is 22.2. The number of benzene rings is 4. The molecule has 374 valence electrons. The lowest BCUT2D eigenvalue weighted by Crippen LogP contribution is -2.58. The quantitative estimate of drug-likeness (QED) is 0.0517. The van der Waals surface area contributed by atoms with E-state index >= 15 is 0 Å². The third-order valence-corrected chi connectivity index (χ3v) is 13.5. The summed E-state index contributed by atoms with van der Waals surface area (Å²) in [6.07, 6.45) is 5.43. The summed E-state index contributed by atoms with van der Waals surface area (Å²) >= 11 is 0. The molecule has 0 bridgehead atoms. The van der Waals surface area contributed by atoms with E-state index in [9.17, 15) is 36.3 Å². The summed E-state index contributed by atoms with van der Waals surface area (Å²) in [5.74, 6) is -0.636. The van der Waals surface area contributed by atoms with E-state index in [1.54, 1.807) is 25.7 Å². The highest BCUT2D eigenvalue weighted by atomic mass is 32.2. The van der Waals surface area contributed by atoms with Crippen molar-refractivity contribution in [3.05, 3.63) is 108 Å². The maximum Gasteiger partial charge on any atom is 0.410 e. The van der Waals surface area contributed by atoms with E-state index in [1.807, 2.05) is 84.9 Å². The first-order valence-corrected chi connectivity index (χ1v) is 27.2. The number of hydrogen-bond donors (Lipinski definition) is 5. The van der Waals surface area contributed by atoms with Crippen LogP contribution in [0.15, 0.2) is 91.0 Å². The van der Waals surface area contributed by atoms with Crippen molar-refractivity contribution in [1.82, 2.24) is 19.7 Å². The number of para-hydroxylation sites is 1. The molecule has 2 fully saturated rings. The monoisotopic (exact) mass is 990 g/mol. The molecule has 0 radical (unpaired) electrons. The van der Waals surface area contributed by atoms with Crippen LogP contribution in [-0.2, 0) is 47.2 Å². The van der Waals surface area contributed by atoms with Crippen molar-refractivity contribution in [2.45, 2.75) is 121 Å². The molecule has 1 amide bonds. The van der Waals surface area contributed by atoms with Gasteiger partial charge in [0.15, 0.2) is 0 Å². The second-order valence-corrected chi connectivity index (χ2v) is 22.6. The number of carboxylic acid groups (broad SMARTS) is 2. The Morgan fingerprint density at radius 2 is 1.28 bits per heavy atom. The Morgan fingerprint density at radius 3 is 1.88 bits per heavy atom. The summed E-state index contributed by atoms with van der Waals surface area (Å²) in [6, 6.07) is 27.2. The van der Waals surface area contributed by atoms with Crippen LogP contribution in [0.2, 0.25) is 0 Å². The van der Waals surface area contributed by atoms with Crippen molar-refractivity contribution in [2.75, 3.05) is 32.3 Å². The van der Waals surface area contributed by atoms with Gasteiger partial charge in [0.2, 0.25) is 20.0 Å². The van der Waals surface area contributed by atoms with Gasteiger partial charge >= 0.3 is 18.0 Å². The fourth-order valence-corrected chi connectivity index (χ4v) is 10.8. The number of carboxylic acids is 2. The van der Waals surface area contributed by atoms with Crippen LogP contribution in [0.25, 0.3) is 22.3 Å². The Balaban J connectivity index is 1.30. The van der Waals surface area contributed by atoms with Crippen LogP contribution in [0, 0.1) is 0 Å². The molecular weight excluding hydrogens is 925 g/mol. The Hall–Kier alpha value is -5.53. The summed E-state index contributed by atoms with van der Waals surface area (Å²) in [7, 11) is -7.19. The summed E-state index contributed by atoms with van der Waals surface area (Å²) in [4.78, 5) is 37.6. The average Bonchev–Trinajstić information content (AvgIpc) is 3.26. The first kappa shape index (κ1) is 52.8. The van der Waals surface area contributed by atoms with Crippen molar-refractivity contribution >= 4 is 38.1 Å². The van der Waals surface area contributed by atoms with E-state index in [4.69, 9.17) is 19.3 Å². The third-order valence-electron chi connectivity index (χ3n) is 12.1. The van der Waals surface area contributed by atoms with Crippen LogP contribution in [0.3, 0.4) is 0 Å². The smallest absolute Gasteiger partial charge is 0.410 e. The number of likely N-dealkylation sites (tertiary alicyclic amines) is 1. The number of rotatable bonds is 21. The maximum atomic E-state index is 13.6. The maximum absolute atomic E-state index is 13.6. The minimum Gasteiger partial charge on any atom is -0.493 e. The highest BCUT2D eigenvalue weighted by Gasteiger charge is 2.38. The Kier molecular flexibility index (Phi) is 17.9. The lowest BCUT2D eigenvalue weighted by atomic mass is 9.86. The van der Waals surface area contributed by atoms with Gasteiger partial charge < -0.3 is 34.6 Å². The number of nitrogens with one attached hydrogen (secondary N) is 3. The second kappa shape index (κ2) is 23.4. The molecule has 16 nitrogen and oxygen atoms in total. The lowest BCUT2D eigenvalue weighted by Gasteiger charge is -2.41. The van der Waals surface area contributed by atoms with E-state index in [-0.39, 0.29) is 38.1 Å². The molecule has 5 atom stereocenters. The largest absolute Gasteiger partial charge is 0.493 e. The van der Waals surface area contributed by atoms with E-state index in [0.29, 0.717) is 69.4 Å². The molecule has 4 aromatic carbocycles. The van der Waals surface area contributed by atoms with Gasteiger partial charge in [0, 0.05) is 54.7 Å². The van der Waals surface area contributed by atoms with Crippen molar-refractivity contribution < 1.29 is 55.6 Å². The molecule has 18 heteroatoms. The number of carbonyl (C=O) groups is 3. The highest BCUT2D eigenvalue weighted by molar-refractivity contribution is 7.89. The number of piperidine rings is 2. The standard InChI is InChI=1S/C51H66N4O12S2/c1-51(2,3)67-50(60)55-26-10-18-43(54-69(5,63)64)45(55)32-35-14-9-16-37(30-35)40-33-38(22-25-47(40)66-28-12-21-49(58)59)41-23-24-42(53-68(4,61)62)44(52-41)31-34-13-8-15-36(29-34)39-17-6-7-19-46(39)65-27-11-20-48(56)57/h6-9,13-17,19,22,25,29-30,33,41-45,52-54H,10-12,18,20-21,23-24,26-28,31-32H2,1-5H3,(H,56,57)(H,58,59). The van der Waals surface area contributed by atoms with Crippen LogP contribution in [0.5, 0.6) is 11.5 Å².